The van der Waals surface area contributed by atoms with Crippen LogP contribution in [0.3, 0.4) is 0 Å². The van der Waals surface area contributed by atoms with E-state index in [1.54, 1.807) is 60.7 Å². The number of amides is 1. The second-order valence-electron chi connectivity index (χ2n) is 7.13. The van der Waals surface area contributed by atoms with E-state index in [1.807, 2.05) is 6.07 Å². The first-order chi connectivity index (χ1) is 15.5. The molecule has 4 rings (SSSR count). The molecular weight excluding hydrogens is 410 g/mol. The predicted octanol–water partition coefficient (Wildman–Crippen LogP) is 4.04. The molecule has 1 unspecified atom stereocenters. The number of para-hydroxylation sites is 2. The molecule has 162 valence electrons. The zero-order valence-electron chi connectivity index (χ0n) is 17.5. The van der Waals surface area contributed by atoms with E-state index < -0.39 is 17.7 Å². The largest absolute Gasteiger partial charge is 0.507 e. The molecule has 1 fully saturated rings. The molecule has 3 aromatic rings. The van der Waals surface area contributed by atoms with Crippen LogP contribution in [0, 0.1) is 0 Å². The van der Waals surface area contributed by atoms with Gasteiger partial charge in [0.1, 0.15) is 23.0 Å². The van der Waals surface area contributed by atoms with E-state index in [1.165, 1.54) is 25.2 Å². The fourth-order valence-corrected chi connectivity index (χ4v) is 3.84. The zero-order chi connectivity index (χ0) is 22.8. The molecule has 0 radical (unpaired) electrons. The molecule has 7 nitrogen and oxygen atoms in total. The molecule has 0 bridgehead atoms. The van der Waals surface area contributed by atoms with Gasteiger partial charge in [0.25, 0.3) is 11.7 Å². The molecule has 3 aromatic carbocycles. The molecule has 7 heteroatoms. The van der Waals surface area contributed by atoms with Gasteiger partial charge in [-0.25, -0.2) is 0 Å². The Hall–Kier alpha value is -4.26. The van der Waals surface area contributed by atoms with E-state index in [-0.39, 0.29) is 34.1 Å². The van der Waals surface area contributed by atoms with Crippen molar-refractivity contribution in [2.75, 3.05) is 19.1 Å². The molecule has 32 heavy (non-hydrogen) atoms. The Bertz CT molecular complexity index is 1220. The number of carbonyl (C=O) groups excluding carboxylic acids is 2. The van der Waals surface area contributed by atoms with Gasteiger partial charge in [-0.05, 0) is 29.8 Å². The van der Waals surface area contributed by atoms with Crippen LogP contribution in [0.25, 0.3) is 5.76 Å². The number of ether oxygens (including phenoxy) is 2. The Labute approximate surface area is 184 Å². The Kier molecular flexibility index (Phi) is 5.55. The van der Waals surface area contributed by atoms with Gasteiger partial charge in [-0.15, -0.1) is 0 Å². The standard InChI is InChI=1S/C25H21NO6/c1-31-16-12-13-17(20(14-16)32-2)23(28)21-22(15-8-4-3-5-9-15)26(25(30)24(21)29)18-10-6-7-11-19(18)27/h3-14,22,27-28H,1-2H3/b23-21-. The van der Waals surface area contributed by atoms with E-state index >= 15 is 0 Å². The third kappa shape index (κ3) is 3.43. The second-order valence-corrected chi connectivity index (χ2v) is 7.13. The van der Waals surface area contributed by atoms with Crippen LogP contribution in [-0.4, -0.2) is 36.1 Å². The van der Waals surface area contributed by atoms with E-state index in [0.717, 1.165) is 0 Å². The molecular formula is C25H21NO6. The van der Waals surface area contributed by atoms with Crippen molar-refractivity contribution >= 4 is 23.1 Å². The minimum Gasteiger partial charge on any atom is -0.507 e. The predicted molar refractivity (Wildman–Crippen MR) is 119 cm³/mol. The van der Waals surface area contributed by atoms with E-state index in [9.17, 15) is 19.8 Å². The van der Waals surface area contributed by atoms with Crippen LogP contribution in [0.4, 0.5) is 5.69 Å². The van der Waals surface area contributed by atoms with Gasteiger partial charge >= 0.3 is 0 Å². The van der Waals surface area contributed by atoms with Gasteiger partial charge in [0.15, 0.2) is 0 Å². The van der Waals surface area contributed by atoms with Gasteiger partial charge < -0.3 is 19.7 Å². The van der Waals surface area contributed by atoms with E-state index in [0.29, 0.717) is 11.3 Å². The highest BCUT2D eigenvalue weighted by atomic mass is 16.5. The molecule has 0 aromatic heterocycles. The maximum atomic E-state index is 13.2. The first-order valence-corrected chi connectivity index (χ1v) is 9.84. The molecule has 1 atom stereocenters. The summed E-state index contributed by atoms with van der Waals surface area (Å²) in [6.45, 7) is 0. The van der Waals surface area contributed by atoms with Crippen LogP contribution in [0.5, 0.6) is 17.2 Å². The van der Waals surface area contributed by atoms with Gasteiger partial charge in [0.05, 0.1) is 37.1 Å². The number of aromatic hydroxyl groups is 1. The number of hydrogen-bond acceptors (Lipinski definition) is 6. The lowest BCUT2D eigenvalue weighted by Crippen LogP contribution is -2.29. The number of ketones is 1. The number of methoxy groups -OCH3 is 2. The number of benzene rings is 3. The highest BCUT2D eigenvalue weighted by molar-refractivity contribution is 6.52. The maximum Gasteiger partial charge on any atom is 0.300 e. The van der Waals surface area contributed by atoms with Crippen LogP contribution >= 0.6 is 0 Å². The lowest BCUT2D eigenvalue weighted by Gasteiger charge is -2.26. The minimum absolute atomic E-state index is 0.104. The molecule has 0 spiro atoms. The SMILES string of the molecule is COc1ccc(/C(O)=C2/C(=O)C(=O)N(c3ccccc3O)C2c2ccccc2)c(OC)c1. The van der Waals surface area contributed by atoms with Crippen molar-refractivity contribution in [3.8, 4) is 17.2 Å². The molecule has 0 aliphatic carbocycles. The van der Waals surface area contributed by atoms with Gasteiger partial charge in [-0.2, -0.15) is 0 Å². The second kappa shape index (κ2) is 8.47. The Balaban J connectivity index is 1.97. The molecule has 1 saturated heterocycles. The van der Waals surface area contributed by atoms with Gasteiger partial charge in [0.2, 0.25) is 0 Å². The van der Waals surface area contributed by atoms with Crippen LogP contribution in [0.1, 0.15) is 17.2 Å². The van der Waals surface area contributed by atoms with E-state index in [4.69, 9.17) is 9.47 Å². The van der Waals surface area contributed by atoms with Gasteiger partial charge in [-0.1, -0.05) is 42.5 Å². The van der Waals surface area contributed by atoms with Crippen molar-refractivity contribution < 1.29 is 29.3 Å². The average molecular weight is 431 g/mol. The smallest absolute Gasteiger partial charge is 0.300 e. The number of Topliss-reactive ketones (excluding diaryl/α,β-unsaturated/α-hetero) is 1. The first kappa shape index (κ1) is 21.0. The zero-order valence-corrected chi connectivity index (χ0v) is 17.5. The quantitative estimate of drug-likeness (QED) is 0.360. The number of carbonyl (C=O) groups is 2. The molecule has 2 N–H and O–H groups in total. The molecule has 0 saturated carbocycles. The molecule has 1 aliphatic heterocycles. The summed E-state index contributed by atoms with van der Waals surface area (Å²) < 4.78 is 10.6. The Morgan fingerprint density at radius 1 is 0.906 bits per heavy atom. The number of phenols is 1. The number of aliphatic hydroxyl groups is 1. The summed E-state index contributed by atoms with van der Waals surface area (Å²) in [5.41, 5.74) is 0.908. The van der Waals surface area contributed by atoms with Crippen LogP contribution < -0.4 is 14.4 Å². The maximum absolute atomic E-state index is 13.2. The summed E-state index contributed by atoms with van der Waals surface area (Å²) >= 11 is 0. The number of phenolic OH excluding ortho intramolecular Hbond substituents is 1. The fourth-order valence-electron chi connectivity index (χ4n) is 3.84. The summed E-state index contributed by atoms with van der Waals surface area (Å²) in [4.78, 5) is 27.5. The molecule has 1 heterocycles. The van der Waals surface area contributed by atoms with Crippen molar-refractivity contribution in [1.29, 1.82) is 0 Å². The molecule has 1 aliphatic rings. The average Bonchev–Trinajstić information content (AvgIpc) is 3.09. The lowest BCUT2D eigenvalue weighted by molar-refractivity contribution is -0.132. The first-order valence-electron chi connectivity index (χ1n) is 9.84. The fraction of sp³-hybridized carbons (Fsp3) is 0.120. The van der Waals surface area contributed by atoms with Gasteiger partial charge in [0, 0.05) is 6.07 Å². The highest BCUT2D eigenvalue weighted by Crippen LogP contribution is 2.45. The summed E-state index contributed by atoms with van der Waals surface area (Å²) in [5.74, 6) is -1.46. The van der Waals surface area contributed by atoms with Crippen molar-refractivity contribution in [3.63, 3.8) is 0 Å². The number of aliphatic hydroxyl groups excluding tert-OH is 1. The van der Waals surface area contributed by atoms with Gasteiger partial charge in [-0.3, -0.25) is 14.5 Å². The number of hydrogen-bond donors (Lipinski definition) is 2. The number of anilines is 1. The normalized spacial score (nSPS) is 17.4. The van der Waals surface area contributed by atoms with Crippen LogP contribution in [-0.2, 0) is 9.59 Å². The summed E-state index contributed by atoms with van der Waals surface area (Å²) in [7, 11) is 2.93. The third-order valence-electron chi connectivity index (χ3n) is 5.36. The summed E-state index contributed by atoms with van der Waals surface area (Å²) in [6.07, 6.45) is 0. The highest BCUT2D eigenvalue weighted by Gasteiger charge is 2.47. The molecule has 1 amide bonds. The topological polar surface area (TPSA) is 96.3 Å². The Morgan fingerprint density at radius 3 is 2.25 bits per heavy atom. The monoisotopic (exact) mass is 431 g/mol. The van der Waals surface area contributed by atoms with E-state index in [2.05, 4.69) is 0 Å². The van der Waals surface area contributed by atoms with Crippen molar-refractivity contribution in [3.05, 3.63) is 89.5 Å². The number of rotatable bonds is 5. The summed E-state index contributed by atoms with van der Waals surface area (Å²) in [6, 6.07) is 18.9. The minimum atomic E-state index is -0.948. The van der Waals surface area contributed by atoms with Crippen molar-refractivity contribution in [2.24, 2.45) is 0 Å². The summed E-state index contributed by atoms with van der Waals surface area (Å²) in [5, 5.41) is 21.7. The third-order valence-corrected chi connectivity index (χ3v) is 5.36. The van der Waals surface area contributed by atoms with Crippen LogP contribution in [0.2, 0.25) is 0 Å². The Morgan fingerprint density at radius 2 is 1.59 bits per heavy atom. The van der Waals surface area contributed by atoms with Crippen molar-refractivity contribution in [2.45, 2.75) is 6.04 Å². The number of nitrogens with zero attached hydrogens (tertiary/aromatic N) is 1. The van der Waals surface area contributed by atoms with Crippen molar-refractivity contribution in [1.82, 2.24) is 0 Å². The lowest BCUT2D eigenvalue weighted by atomic mass is 9.94. The van der Waals surface area contributed by atoms with Crippen LogP contribution in [0.15, 0.2) is 78.4 Å².